The van der Waals surface area contributed by atoms with Crippen LogP contribution in [0.1, 0.15) is 33.6 Å². The van der Waals surface area contributed by atoms with Gasteiger partial charge in [-0.25, -0.2) is 0 Å². The van der Waals surface area contributed by atoms with Crippen LogP contribution in [0, 0.1) is 5.41 Å². The minimum atomic E-state index is -1.22. The van der Waals surface area contributed by atoms with Gasteiger partial charge in [0.1, 0.15) is 0 Å². The fraction of sp³-hybridized carbons (Fsp3) is 0.667. The summed E-state index contributed by atoms with van der Waals surface area (Å²) in [5, 5.41) is 0. The van der Waals surface area contributed by atoms with Crippen LogP contribution in [0.5, 0.6) is 0 Å². The molecule has 0 radical (unpaired) electrons. The lowest BCUT2D eigenvalue weighted by Gasteiger charge is -2.24. The smallest absolute Gasteiger partial charge is 0.323 e. The van der Waals surface area contributed by atoms with E-state index in [1.165, 1.54) is 0 Å². The van der Waals surface area contributed by atoms with Gasteiger partial charge in [-0.1, -0.05) is 6.08 Å². The van der Waals surface area contributed by atoms with E-state index in [9.17, 15) is 9.59 Å². The predicted molar refractivity (Wildman–Crippen MR) is 60.8 cm³/mol. The fourth-order valence-electron chi connectivity index (χ4n) is 1.26. The van der Waals surface area contributed by atoms with Crippen LogP contribution >= 0.6 is 0 Å². The van der Waals surface area contributed by atoms with Crippen LogP contribution in [-0.4, -0.2) is 25.2 Å². The largest absolute Gasteiger partial charge is 0.465 e. The predicted octanol–water partition coefficient (Wildman–Crippen LogP) is 2.09. The molecule has 0 bridgehead atoms. The van der Waals surface area contributed by atoms with E-state index in [4.69, 9.17) is 9.47 Å². The Balaban J connectivity index is 4.78. The first-order valence-corrected chi connectivity index (χ1v) is 5.48. The minimum absolute atomic E-state index is 0.252. The quantitative estimate of drug-likeness (QED) is 0.380. The summed E-state index contributed by atoms with van der Waals surface area (Å²) in [5.74, 6) is -1.06. The molecule has 0 aromatic rings. The van der Waals surface area contributed by atoms with Gasteiger partial charge in [-0.2, -0.15) is 0 Å². The van der Waals surface area contributed by atoms with Crippen molar-refractivity contribution in [1.82, 2.24) is 0 Å². The maximum atomic E-state index is 11.7. The van der Waals surface area contributed by atoms with E-state index in [0.29, 0.717) is 12.8 Å². The number of esters is 2. The lowest BCUT2D eigenvalue weighted by Crippen LogP contribution is -2.39. The molecule has 0 fully saturated rings. The van der Waals surface area contributed by atoms with Crippen molar-refractivity contribution in [3.8, 4) is 0 Å². The van der Waals surface area contributed by atoms with E-state index in [1.54, 1.807) is 26.8 Å². The Bertz CT molecular complexity index is 240. The normalized spacial score (nSPS) is 10.7. The first-order valence-electron chi connectivity index (χ1n) is 5.48. The SMILES string of the molecule is C=CCCC(C)(C(=O)OCC)C(=O)OCC. The molecule has 0 atom stereocenters. The third-order valence-corrected chi connectivity index (χ3v) is 2.30. The number of carbonyl (C=O) groups is 2. The van der Waals surface area contributed by atoms with Crippen LogP contribution < -0.4 is 0 Å². The van der Waals surface area contributed by atoms with E-state index in [-0.39, 0.29) is 13.2 Å². The second-order valence-electron chi connectivity index (χ2n) is 3.60. The van der Waals surface area contributed by atoms with Gasteiger partial charge in [0.2, 0.25) is 0 Å². The van der Waals surface area contributed by atoms with Gasteiger partial charge >= 0.3 is 11.9 Å². The van der Waals surface area contributed by atoms with Gasteiger partial charge in [-0.05, 0) is 33.6 Å². The first kappa shape index (κ1) is 14.7. The summed E-state index contributed by atoms with van der Waals surface area (Å²) in [7, 11) is 0. The Hall–Kier alpha value is -1.32. The molecule has 16 heavy (non-hydrogen) atoms. The highest BCUT2D eigenvalue weighted by Gasteiger charge is 2.43. The summed E-state index contributed by atoms with van der Waals surface area (Å²) in [5.41, 5.74) is -1.22. The summed E-state index contributed by atoms with van der Waals surface area (Å²) < 4.78 is 9.79. The molecule has 0 N–H and O–H groups in total. The molecule has 0 rings (SSSR count). The monoisotopic (exact) mass is 228 g/mol. The van der Waals surface area contributed by atoms with Gasteiger partial charge in [-0.3, -0.25) is 9.59 Å². The second kappa shape index (κ2) is 7.04. The molecule has 0 amide bonds. The fourth-order valence-corrected chi connectivity index (χ4v) is 1.26. The molecule has 0 aromatic heterocycles. The number of hydrogen-bond acceptors (Lipinski definition) is 4. The molecule has 0 spiro atoms. The molecule has 92 valence electrons. The number of allylic oxidation sites excluding steroid dienone is 1. The highest BCUT2D eigenvalue weighted by Crippen LogP contribution is 2.27. The lowest BCUT2D eigenvalue weighted by molar-refractivity contribution is -0.171. The molecule has 0 unspecified atom stereocenters. The molecule has 0 saturated heterocycles. The van der Waals surface area contributed by atoms with Crippen LogP contribution in [0.4, 0.5) is 0 Å². The Kier molecular flexibility index (Phi) is 6.46. The van der Waals surface area contributed by atoms with Gasteiger partial charge in [0.25, 0.3) is 0 Å². The Morgan fingerprint density at radius 1 is 1.19 bits per heavy atom. The van der Waals surface area contributed by atoms with Crippen LogP contribution in [-0.2, 0) is 19.1 Å². The molecule has 4 nitrogen and oxygen atoms in total. The Labute approximate surface area is 96.6 Å². The topological polar surface area (TPSA) is 52.6 Å². The summed E-state index contributed by atoms with van der Waals surface area (Å²) in [4.78, 5) is 23.5. The molecule has 0 aliphatic rings. The van der Waals surface area contributed by atoms with Crippen molar-refractivity contribution in [3.63, 3.8) is 0 Å². The van der Waals surface area contributed by atoms with Gasteiger partial charge in [0.15, 0.2) is 5.41 Å². The van der Waals surface area contributed by atoms with Crippen molar-refractivity contribution in [1.29, 1.82) is 0 Å². The first-order chi connectivity index (χ1) is 7.52. The number of hydrogen-bond donors (Lipinski definition) is 0. The molecular weight excluding hydrogens is 208 g/mol. The number of carbonyl (C=O) groups excluding carboxylic acids is 2. The average Bonchev–Trinajstić information content (AvgIpc) is 2.26. The van der Waals surface area contributed by atoms with Crippen LogP contribution in [0.2, 0.25) is 0 Å². The Morgan fingerprint density at radius 2 is 1.62 bits per heavy atom. The Morgan fingerprint density at radius 3 is 1.94 bits per heavy atom. The molecule has 0 aromatic carbocycles. The molecule has 0 heterocycles. The van der Waals surface area contributed by atoms with E-state index in [0.717, 1.165) is 0 Å². The highest BCUT2D eigenvalue weighted by atomic mass is 16.6. The van der Waals surface area contributed by atoms with Gasteiger partial charge in [-0.15, -0.1) is 6.58 Å². The molecule has 0 aliphatic heterocycles. The van der Waals surface area contributed by atoms with Crippen LogP contribution in [0.3, 0.4) is 0 Å². The van der Waals surface area contributed by atoms with E-state index >= 15 is 0 Å². The highest BCUT2D eigenvalue weighted by molar-refractivity contribution is 5.99. The number of ether oxygens (including phenoxy) is 2. The van der Waals surface area contributed by atoms with Crippen molar-refractivity contribution in [3.05, 3.63) is 12.7 Å². The standard InChI is InChI=1S/C12H20O4/c1-5-8-9-12(4,10(13)15-6-2)11(14)16-7-3/h5H,1,6-9H2,2-4H3. The lowest BCUT2D eigenvalue weighted by atomic mass is 9.85. The zero-order chi connectivity index (χ0) is 12.6. The summed E-state index contributed by atoms with van der Waals surface area (Å²) in [6, 6.07) is 0. The number of rotatable bonds is 7. The molecule has 0 aliphatic carbocycles. The zero-order valence-electron chi connectivity index (χ0n) is 10.2. The summed E-state index contributed by atoms with van der Waals surface area (Å²) >= 11 is 0. The maximum Gasteiger partial charge on any atom is 0.323 e. The van der Waals surface area contributed by atoms with Crippen molar-refractivity contribution >= 4 is 11.9 Å². The van der Waals surface area contributed by atoms with E-state index in [2.05, 4.69) is 6.58 Å². The summed E-state index contributed by atoms with van der Waals surface area (Å²) in [6.07, 6.45) is 2.58. The van der Waals surface area contributed by atoms with Crippen molar-refractivity contribution in [2.24, 2.45) is 5.41 Å². The van der Waals surface area contributed by atoms with Crippen molar-refractivity contribution in [2.45, 2.75) is 33.6 Å². The average molecular weight is 228 g/mol. The van der Waals surface area contributed by atoms with Crippen LogP contribution in [0.25, 0.3) is 0 Å². The molecule has 4 heteroatoms. The van der Waals surface area contributed by atoms with Crippen LogP contribution in [0.15, 0.2) is 12.7 Å². The summed E-state index contributed by atoms with van der Waals surface area (Å²) in [6.45, 7) is 9.03. The molecular formula is C12H20O4. The van der Waals surface area contributed by atoms with Gasteiger partial charge < -0.3 is 9.47 Å². The third-order valence-electron chi connectivity index (χ3n) is 2.30. The zero-order valence-corrected chi connectivity index (χ0v) is 10.2. The van der Waals surface area contributed by atoms with Crippen molar-refractivity contribution in [2.75, 3.05) is 13.2 Å². The van der Waals surface area contributed by atoms with Gasteiger partial charge in [0, 0.05) is 0 Å². The molecule has 0 saturated carbocycles. The van der Waals surface area contributed by atoms with E-state index in [1.807, 2.05) is 0 Å². The van der Waals surface area contributed by atoms with E-state index < -0.39 is 17.4 Å². The van der Waals surface area contributed by atoms with Crippen molar-refractivity contribution < 1.29 is 19.1 Å². The van der Waals surface area contributed by atoms with Gasteiger partial charge in [0.05, 0.1) is 13.2 Å². The second-order valence-corrected chi connectivity index (χ2v) is 3.60. The maximum absolute atomic E-state index is 11.7. The minimum Gasteiger partial charge on any atom is -0.465 e. The third kappa shape index (κ3) is 3.68.